The predicted molar refractivity (Wildman–Crippen MR) is 81.1 cm³/mol. The van der Waals surface area contributed by atoms with Crippen molar-refractivity contribution in [2.75, 3.05) is 25.6 Å². The van der Waals surface area contributed by atoms with Gasteiger partial charge in [0.05, 0.1) is 11.3 Å². The van der Waals surface area contributed by atoms with Crippen molar-refractivity contribution >= 4 is 5.82 Å². The van der Waals surface area contributed by atoms with Gasteiger partial charge < -0.3 is 15.2 Å². The molecule has 0 bridgehead atoms. The van der Waals surface area contributed by atoms with Crippen LogP contribution in [0.5, 0.6) is 0 Å². The van der Waals surface area contributed by atoms with Crippen LogP contribution in [0.15, 0.2) is 0 Å². The average molecular weight is 292 g/mol. The summed E-state index contributed by atoms with van der Waals surface area (Å²) >= 11 is 0. The highest BCUT2D eigenvalue weighted by atomic mass is 16.5. The molecule has 0 fully saturated rings. The summed E-state index contributed by atoms with van der Waals surface area (Å²) in [6.07, 6.45) is 1.98. The van der Waals surface area contributed by atoms with E-state index in [9.17, 15) is 10.4 Å². The minimum atomic E-state index is -0.930. The first-order valence-electron chi connectivity index (χ1n) is 7.22. The molecule has 0 spiro atoms. The van der Waals surface area contributed by atoms with Gasteiger partial charge in [-0.25, -0.2) is 0 Å². The first kappa shape index (κ1) is 17.3. The van der Waals surface area contributed by atoms with Gasteiger partial charge in [0.1, 0.15) is 11.6 Å². The first-order valence-corrected chi connectivity index (χ1v) is 7.22. The third-order valence-electron chi connectivity index (χ3n) is 3.44. The number of hydrogen-bond acceptors (Lipinski definition) is 6. The maximum Gasteiger partial charge on any atom is 0.167 e. The number of nitrogens with zero attached hydrogens (tertiary/aromatic N) is 3. The molecule has 0 aliphatic rings. The summed E-state index contributed by atoms with van der Waals surface area (Å²) in [7, 11) is 1.60. The maximum atomic E-state index is 10.2. The second-order valence-electron chi connectivity index (χ2n) is 5.26. The number of hydrogen-bond donors (Lipinski definition) is 2. The minimum absolute atomic E-state index is 0.286. The van der Waals surface area contributed by atoms with Crippen molar-refractivity contribution in [3.63, 3.8) is 0 Å². The molecule has 1 atom stereocenters. The molecular formula is C15H24N4O2. The molecule has 1 unspecified atom stereocenters. The largest absolute Gasteiger partial charge is 0.388 e. The molecule has 1 aromatic heterocycles. The van der Waals surface area contributed by atoms with Crippen LogP contribution in [-0.4, -0.2) is 41.2 Å². The first-order chi connectivity index (χ1) is 9.99. The molecule has 0 saturated heterocycles. The summed E-state index contributed by atoms with van der Waals surface area (Å²) in [6.45, 7) is 6.47. The summed E-state index contributed by atoms with van der Waals surface area (Å²) in [5, 5.41) is 30.9. The average Bonchev–Trinajstić information content (AvgIpc) is 2.49. The number of anilines is 1. The molecule has 0 aliphatic carbocycles. The highest BCUT2D eigenvalue weighted by Gasteiger charge is 2.22. The van der Waals surface area contributed by atoms with E-state index < -0.39 is 5.60 Å². The zero-order valence-electron chi connectivity index (χ0n) is 13.2. The predicted octanol–water partition coefficient (Wildman–Crippen LogP) is 1.67. The van der Waals surface area contributed by atoms with Crippen molar-refractivity contribution < 1.29 is 9.84 Å². The molecule has 6 nitrogen and oxygen atoms in total. The molecule has 1 aromatic rings. The van der Waals surface area contributed by atoms with Gasteiger partial charge in [-0.3, -0.25) is 0 Å². The van der Waals surface area contributed by atoms with Gasteiger partial charge in [0.2, 0.25) is 0 Å². The van der Waals surface area contributed by atoms with Crippen molar-refractivity contribution in [2.24, 2.45) is 0 Å². The summed E-state index contributed by atoms with van der Waals surface area (Å²) in [5.74, 6) is 0.434. The van der Waals surface area contributed by atoms with E-state index in [4.69, 9.17) is 4.74 Å². The second kappa shape index (κ2) is 7.91. The molecule has 0 radical (unpaired) electrons. The van der Waals surface area contributed by atoms with E-state index in [0.29, 0.717) is 24.4 Å². The minimum Gasteiger partial charge on any atom is -0.388 e. The van der Waals surface area contributed by atoms with Crippen LogP contribution < -0.4 is 5.32 Å². The monoisotopic (exact) mass is 292 g/mol. The second-order valence-corrected chi connectivity index (χ2v) is 5.26. The topological polar surface area (TPSA) is 91.1 Å². The number of nitriles is 1. The van der Waals surface area contributed by atoms with Gasteiger partial charge in [-0.15, -0.1) is 5.10 Å². The van der Waals surface area contributed by atoms with Crippen LogP contribution in [0.25, 0.3) is 0 Å². The number of nitrogens with one attached hydrogen (secondary N) is 1. The lowest BCUT2D eigenvalue weighted by molar-refractivity contribution is 0.0357. The molecule has 1 rings (SSSR count). The number of methoxy groups -OCH3 is 1. The van der Waals surface area contributed by atoms with Crippen LogP contribution in [0, 0.1) is 11.3 Å². The van der Waals surface area contributed by atoms with E-state index in [2.05, 4.69) is 21.6 Å². The Kier molecular flexibility index (Phi) is 6.53. The molecule has 1 heterocycles. The van der Waals surface area contributed by atoms with Crippen molar-refractivity contribution in [3.8, 4) is 6.07 Å². The van der Waals surface area contributed by atoms with Crippen LogP contribution in [-0.2, 0) is 17.6 Å². The smallest absolute Gasteiger partial charge is 0.167 e. The SMILES string of the molecule is CCc1nnc(NCC(C)(O)CCOC)c(C#N)c1CC. The Balaban J connectivity index is 2.92. The van der Waals surface area contributed by atoms with Crippen molar-refractivity contribution in [2.45, 2.75) is 45.6 Å². The number of aryl methyl sites for hydroxylation is 1. The Morgan fingerprint density at radius 2 is 2.05 bits per heavy atom. The molecular weight excluding hydrogens is 268 g/mol. The van der Waals surface area contributed by atoms with Gasteiger partial charge >= 0.3 is 0 Å². The van der Waals surface area contributed by atoms with E-state index >= 15 is 0 Å². The molecule has 0 saturated carbocycles. The van der Waals surface area contributed by atoms with E-state index in [1.54, 1.807) is 14.0 Å². The van der Waals surface area contributed by atoms with Gasteiger partial charge in [-0.2, -0.15) is 10.4 Å². The molecule has 0 aromatic carbocycles. The highest BCUT2D eigenvalue weighted by Crippen LogP contribution is 2.21. The van der Waals surface area contributed by atoms with Crippen LogP contribution in [0.2, 0.25) is 0 Å². The van der Waals surface area contributed by atoms with Gasteiger partial charge in [-0.1, -0.05) is 13.8 Å². The lowest BCUT2D eigenvalue weighted by Crippen LogP contribution is -2.35. The van der Waals surface area contributed by atoms with E-state index in [-0.39, 0.29) is 6.54 Å². The third kappa shape index (κ3) is 4.66. The standard InChI is InChI=1S/C15H24N4O2/c1-5-11-12(9-16)14(19-18-13(11)6-2)17-10-15(3,20)7-8-21-4/h20H,5-8,10H2,1-4H3,(H,17,19). The lowest BCUT2D eigenvalue weighted by atomic mass is 10.0. The highest BCUT2D eigenvalue weighted by molar-refractivity contribution is 5.56. The quantitative estimate of drug-likeness (QED) is 0.757. The lowest BCUT2D eigenvalue weighted by Gasteiger charge is -2.24. The summed E-state index contributed by atoms with van der Waals surface area (Å²) in [4.78, 5) is 0. The number of aromatic nitrogens is 2. The molecule has 6 heteroatoms. The van der Waals surface area contributed by atoms with Crippen molar-refractivity contribution in [3.05, 3.63) is 16.8 Å². The fourth-order valence-electron chi connectivity index (χ4n) is 2.10. The summed E-state index contributed by atoms with van der Waals surface area (Å²) in [5.41, 5.74) is 1.37. The summed E-state index contributed by atoms with van der Waals surface area (Å²) < 4.78 is 4.97. The van der Waals surface area contributed by atoms with Crippen LogP contribution in [0.1, 0.15) is 44.0 Å². The maximum absolute atomic E-state index is 10.2. The molecule has 0 amide bonds. The molecule has 2 N–H and O–H groups in total. The van der Waals surface area contributed by atoms with Crippen LogP contribution in [0.4, 0.5) is 5.82 Å². The number of ether oxygens (including phenoxy) is 1. The summed E-state index contributed by atoms with van der Waals surface area (Å²) in [6, 6.07) is 2.20. The van der Waals surface area contributed by atoms with E-state index in [0.717, 1.165) is 24.1 Å². The normalized spacial score (nSPS) is 13.5. The Bertz CT molecular complexity index is 509. The van der Waals surface area contributed by atoms with Gasteiger partial charge in [-0.05, 0) is 25.3 Å². The zero-order chi connectivity index (χ0) is 15.9. The number of rotatable bonds is 8. The van der Waals surface area contributed by atoms with Gasteiger partial charge in [0.25, 0.3) is 0 Å². The number of aliphatic hydroxyl groups is 1. The third-order valence-corrected chi connectivity index (χ3v) is 3.44. The van der Waals surface area contributed by atoms with E-state index in [1.165, 1.54) is 0 Å². The van der Waals surface area contributed by atoms with Crippen molar-refractivity contribution in [1.29, 1.82) is 5.26 Å². The van der Waals surface area contributed by atoms with Crippen LogP contribution in [0.3, 0.4) is 0 Å². The fraction of sp³-hybridized carbons (Fsp3) is 0.667. The van der Waals surface area contributed by atoms with Gasteiger partial charge in [0, 0.05) is 26.7 Å². The Morgan fingerprint density at radius 3 is 2.57 bits per heavy atom. The Morgan fingerprint density at radius 1 is 1.33 bits per heavy atom. The molecule has 0 aliphatic heterocycles. The van der Waals surface area contributed by atoms with E-state index in [1.807, 2.05) is 13.8 Å². The van der Waals surface area contributed by atoms with Gasteiger partial charge in [0.15, 0.2) is 5.82 Å². The zero-order valence-corrected chi connectivity index (χ0v) is 13.2. The molecule has 116 valence electrons. The fourth-order valence-corrected chi connectivity index (χ4v) is 2.10. The Hall–Kier alpha value is -1.71. The Labute approximate surface area is 126 Å². The molecule has 21 heavy (non-hydrogen) atoms. The van der Waals surface area contributed by atoms with Crippen LogP contribution >= 0.6 is 0 Å². The van der Waals surface area contributed by atoms with Crippen molar-refractivity contribution in [1.82, 2.24) is 10.2 Å².